The maximum atomic E-state index is 11.5. The van der Waals surface area contributed by atoms with Crippen LogP contribution in [0.1, 0.15) is 38.4 Å². The van der Waals surface area contributed by atoms with E-state index in [0.29, 0.717) is 12.8 Å². The Morgan fingerprint density at radius 2 is 2.25 bits per heavy atom. The van der Waals surface area contributed by atoms with Crippen LogP contribution in [0.3, 0.4) is 0 Å². The second-order valence-electron chi connectivity index (χ2n) is 4.06. The van der Waals surface area contributed by atoms with Crippen molar-refractivity contribution in [2.24, 2.45) is 5.73 Å². The molecule has 1 rings (SSSR count). The summed E-state index contributed by atoms with van der Waals surface area (Å²) >= 11 is 0. The van der Waals surface area contributed by atoms with Gasteiger partial charge < -0.3 is 11.1 Å². The Morgan fingerprint density at radius 1 is 1.50 bits per heavy atom. The Balaban J connectivity index is 2.40. The van der Waals surface area contributed by atoms with E-state index in [-0.39, 0.29) is 18.0 Å². The van der Waals surface area contributed by atoms with Gasteiger partial charge in [-0.2, -0.15) is 0 Å². The van der Waals surface area contributed by atoms with Gasteiger partial charge in [-0.05, 0) is 32.4 Å². The van der Waals surface area contributed by atoms with Crippen LogP contribution in [0.4, 0.5) is 0 Å². The van der Waals surface area contributed by atoms with Crippen LogP contribution in [0.15, 0.2) is 24.4 Å². The molecule has 4 heteroatoms. The molecule has 1 amide bonds. The zero-order valence-corrected chi connectivity index (χ0v) is 9.81. The lowest BCUT2D eigenvalue weighted by Crippen LogP contribution is -2.28. The average molecular weight is 221 g/mol. The monoisotopic (exact) mass is 221 g/mol. The van der Waals surface area contributed by atoms with Crippen LogP contribution in [-0.2, 0) is 4.79 Å². The molecule has 2 unspecified atom stereocenters. The smallest absolute Gasteiger partial charge is 0.220 e. The molecule has 1 aromatic rings. The first-order valence-electron chi connectivity index (χ1n) is 5.55. The number of nitrogens with two attached hydrogens (primary N) is 1. The number of carbonyl (C=O) groups excluding carboxylic acids is 1. The Kier molecular flexibility index (Phi) is 4.92. The van der Waals surface area contributed by atoms with Crippen molar-refractivity contribution in [2.45, 2.75) is 38.8 Å². The number of nitrogens with zero attached hydrogens (tertiary/aromatic N) is 1. The van der Waals surface area contributed by atoms with Crippen molar-refractivity contribution in [1.29, 1.82) is 0 Å². The van der Waals surface area contributed by atoms with Gasteiger partial charge in [0.05, 0.1) is 11.7 Å². The summed E-state index contributed by atoms with van der Waals surface area (Å²) in [6, 6.07) is 5.68. The van der Waals surface area contributed by atoms with Crippen molar-refractivity contribution in [3.8, 4) is 0 Å². The van der Waals surface area contributed by atoms with Gasteiger partial charge in [0.2, 0.25) is 5.91 Å². The third kappa shape index (κ3) is 4.40. The number of carbonyl (C=O) groups is 1. The fourth-order valence-corrected chi connectivity index (χ4v) is 1.38. The van der Waals surface area contributed by atoms with E-state index in [0.717, 1.165) is 5.69 Å². The first-order valence-corrected chi connectivity index (χ1v) is 5.55. The highest BCUT2D eigenvalue weighted by Gasteiger charge is 2.10. The number of aromatic nitrogens is 1. The first-order chi connectivity index (χ1) is 7.59. The van der Waals surface area contributed by atoms with Crippen molar-refractivity contribution >= 4 is 5.91 Å². The number of nitrogens with one attached hydrogen (secondary N) is 1. The van der Waals surface area contributed by atoms with E-state index in [2.05, 4.69) is 10.3 Å². The molecule has 0 fully saturated rings. The lowest BCUT2D eigenvalue weighted by Gasteiger charge is -2.13. The highest BCUT2D eigenvalue weighted by atomic mass is 16.1. The van der Waals surface area contributed by atoms with E-state index in [1.807, 2.05) is 32.0 Å². The second kappa shape index (κ2) is 6.23. The molecule has 0 saturated carbocycles. The van der Waals surface area contributed by atoms with Gasteiger partial charge in [-0.3, -0.25) is 9.78 Å². The van der Waals surface area contributed by atoms with Gasteiger partial charge in [0, 0.05) is 18.7 Å². The molecule has 4 nitrogen and oxygen atoms in total. The summed E-state index contributed by atoms with van der Waals surface area (Å²) in [6.45, 7) is 3.82. The van der Waals surface area contributed by atoms with Crippen LogP contribution in [0.2, 0.25) is 0 Å². The molecule has 2 atom stereocenters. The minimum Gasteiger partial charge on any atom is -0.348 e. The molecule has 0 aliphatic heterocycles. The summed E-state index contributed by atoms with van der Waals surface area (Å²) in [5, 5.41) is 2.89. The molecule has 16 heavy (non-hydrogen) atoms. The van der Waals surface area contributed by atoms with Gasteiger partial charge in [0.25, 0.3) is 0 Å². The summed E-state index contributed by atoms with van der Waals surface area (Å²) < 4.78 is 0. The van der Waals surface area contributed by atoms with E-state index in [1.54, 1.807) is 6.20 Å². The quantitative estimate of drug-likeness (QED) is 0.789. The molecule has 0 aromatic carbocycles. The highest BCUT2D eigenvalue weighted by molar-refractivity contribution is 5.76. The zero-order valence-electron chi connectivity index (χ0n) is 9.81. The molecule has 0 radical (unpaired) electrons. The Labute approximate surface area is 96.3 Å². The van der Waals surface area contributed by atoms with Crippen molar-refractivity contribution < 1.29 is 4.79 Å². The zero-order chi connectivity index (χ0) is 12.0. The standard InChI is InChI=1S/C12H19N3O/c1-9(13)6-7-12(16)15-10(2)11-5-3-4-8-14-11/h3-5,8-10H,6-7,13H2,1-2H3,(H,15,16). The molecule has 0 aliphatic carbocycles. The predicted molar refractivity (Wildman–Crippen MR) is 63.7 cm³/mol. The van der Waals surface area contributed by atoms with E-state index in [1.165, 1.54) is 0 Å². The van der Waals surface area contributed by atoms with Crippen molar-refractivity contribution in [3.05, 3.63) is 30.1 Å². The fourth-order valence-electron chi connectivity index (χ4n) is 1.38. The van der Waals surface area contributed by atoms with Crippen LogP contribution in [0, 0.1) is 0 Å². The molecule has 1 heterocycles. The van der Waals surface area contributed by atoms with Gasteiger partial charge >= 0.3 is 0 Å². The van der Waals surface area contributed by atoms with E-state index in [9.17, 15) is 4.79 Å². The molecule has 0 saturated heterocycles. The lowest BCUT2D eigenvalue weighted by molar-refractivity contribution is -0.121. The van der Waals surface area contributed by atoms with E-state index < -0.39 is 0 Å². The maximum absolute atomic E-state index is 11.5. The molecule has 1 aromatic heterocycles. The van der Waals surface area contributed by atoms with Crippen LogP contribution >= 0.6 is 0 Å². The van der Waals surface area contributed by atoms with Gasteiger partial charge in [-0.15, -0.1) is 0 Å². The van der Waals surface area contributed by atoms with Crippen LogP contribution in [0.5, 0.6) is 0 Å². The predicted octanol–water partition coefficient (Wildman–Crippen LogP) is 1.39. The van der Waals surface area contributed by atoms with Crippen molar-refractivity contribution in [1.82, 2.24) is 10.3 Å². The number of pyridine rings is 1. The number of rotatable bonds is 5. The van der Waals surface area contributed by atoms with Gasteiger partial charge in [-0.1, -0.05) is 6.07 Å². The van der Waals surface area contributed by atoms with Gasteiger partial charge in [0.15, 0.2) is 0 Å². The summed E-state index contributed by atoms with van der Waals surface area (Å²) in [5.41, 5.74) is 6.46. The first kappa shape index (κ1) is 12.6. The number of hydrogen-bond acceptors (Lipinski definition) is 3. The lowest BCUT2D eigenvalue weighted by atomic mass is 10.1. The van der Waals surface area contributed by atoms with Crippen LogP contribution in [-0.4, -0.2) is 16.9 Å². The Bertz CT molecular complexity index is 324. The Hall–Kier alpha value is -1.42. The van der Waals surface area contributed by atoms with Gasteiger partial charge in [-0.25, -0.2) is 0 Å². The highest BCUT2D eigenvalue weighted by Crippen LogP contribution is 2.08. The number of amides is 1. The van der Waals surface area contributed by atoms with Crippen molar-refractivity contribution in [3.63, 3.8) is 0 Å². The largest absolute Gasteiger partial charge is 0.348 e. The second-order valence-corrected chi connectivity index (χ2v) is 4.06. The normalized spacial score (nSPS) is 14.2. The summed E-state index contributed by atoms with van der Waals surface area (Å²) in [4.78, 5) is 15.7. The molecule has 3 N–H and O–H groups in total. The van der Waals surface area contributed by atoms with E-state index in [4.69, 9.17) is 5.73 Å². The van der Waals surface area contributed by atoms with E-state index >= 15 is 0 Å². The molecule has 0 aliphatic rings. The maximum Gasteiger partial charge on any atom is 0.220 e. The minimum atomic E-state index is -0.0539. The SMILES string of the molecule is CC(N)CCC(=O)NC(C)c1ccccn1. The summed E-state index contributed by atoms with van der Waals surface area (Å²) in [6.07, 6.45) is 2.90. The molecule has 0 spiro atoms. The van der Waals surface area contributed by atoms with Gasteiger partial charge in [0.1, 0.15) is 0 Å². The molecule has 88 valence electrons. The van der Waals surface area contributed by atoms with Crippen molar-refractivity contribution in [2.75, 3.05) is 0 Å². The number of hydrogen-bond donors (Lipinski definition) is 2. The van der Waals surface area contributed by atoms with Crippen LogP contribution in [0.25, 0.3) is 0 Å². The van der Waals surface area contributed by atoms with Crippen LogP contribution < -0.4 is 11.1 Å². The minimum absolute atomic E-state index is 0.0236. The topological polar surface area (TPSA) is 68.0 Å². The molecule has 0 bridgehead atoms. The molecular formula is C12H19N3O. The summed E-state index contributed by atoms with van der Waals surface area (Å²) in [5.74, 6) is 0.0236. The third-order valence-electron chi connectivity index (χ3n) is 2.34. The molecular weight excluding hydrogens is 202 g/mol. The average Bonchev–Trinajstić information content (AvgIpc) is 2.27. The fraction of sp³-hybridized carbons (Fsp3) is 0.500. The summed E-state index contributed by atoms with van der Waals surface area (Å²) in [7, 11) is 0. The Morgan fingerprint density at radius 3 is 2.81 bits per heavy atom. The third-order valence-corrected chi connectivity index (χ3v) is 2.34.